The zero-order valence-electron chi connectivity index (χ0n) is 11.4. The second-order valence-corrected chi connectivity index (χ2v) is 5.16. The van der Waals surface area contributed by atoms with Gasteiger partial charge < -0.3 is 5.32 Å². The number of anilines is 1. The maximum atomic E-state index is 14.0. The van der Waals surface area contributed by atoms with E-state index in [1.54, 1.807) is 0 Å². The third-order valence-electron chi connectivity index (χ3n) is 2.76. The van der Waals surface area contributed by atoms with Crippen molar-refractivity contribution in [2.24, 2.45) is 0 Å². The Labute approximate surface area is 128 Å². The van der Waals surface area contributed by atoms with Gasteiger partial charge in [0.2, 0.25) is 5.95 Å². The normalized spacial score (nSPS) is 10.5. The van der Waals surface area contributed by atoms with E-state index in [9.17, 15) is 14.5 Å². The van der Waals surface area contributed by atoms with Crippen LogP contribution in [0.5, 0.6) is 0 Å². The molecule has 1 aromatic carbocycles. The number of hydrogen-bond donors (Lipinski definition) is 1. The van der Waals surface area contributed by atoms with Gasteiger partial charge in [-0.25, -0.2) is 14.4 Å². The average Bonchev–Trinajstić information content (AvgIpc) is 2.40. The lowest BCUT2D eigenvalue weighted by atomic mass is 10.1. The molecule has 0 aliphatic heterocycles. The molecule has 1 aromatic heterocycles. The second kappa shape index (κ2) is 6.13. The summed E-state index contributed by atoms with van der Waals surface area (Å²) in [5.41, 5.74) is -0.100. The molecule has 2 rings (SSSR count). The Kier molecular flexibility index (Phi) is 4.46. The van der Waals surface area contributed by atoms with Crippen LogP contribution in [0, 0.1) is 22.9 Å². The van der Waals surface area contributed by atoms with Crippen LogP contribution in [0.3, 0.4) is 0 Å². The van der Waals surface area contributed by atoms with E-state index in [4.69, 9.17) is 0 Å². The SMILES string of the molecule is CCNc1nc(C)c([N+](=O)[O-])c(-c2cc(Br)ccc2F)n1. The summed E-state index contributed by atoms with van der Waals surface area (Å²) < 4.78 is 14.6. The highest BCUT2D eigenvalue weighted by molar-refractivity contribution is 9.10. The van der Waals surface area contributed by atoms with Crippen LogP contribution in [-0.2, 0) is 0 Å². The molecular formula is C13H12BrFN4O2. The number of nitrogens with one attached hydrogen (secondary N) is 1. The van der Waals surface area contributed by atoms with Gasteiger partial charge in [0.15, 0.2) is 5.69 Å². The first-order valence-electron chi connectivity index (χ1n) is 6.16. The van der Waals surface area contributed by atoms with Crippen molar-refractivity contribution in [2.45, 2.75) is 13.8 Å². The number of halogens is 2. The summed E-state index contributed by atoms with van der Waals surface area (Å²) in [4.78, 5) is 18.8. The van der Waals surface area contributed by atoms with E-state index in [2.05, 4.69) is 31.2 Å². The molecular weight excluding hydrogens is 343 g/mol. The predicted molar refractivity (Wildman–Crippen MR) is 80.7 cm³/mol. The van der Waals surface area contributed by atoms with Gasteiger partial charge in [-0.15, -0.1) is 0 Å². The van der Waals surface area contributed by atoms with Gasteiger partial charge in [0.1, 0.15) is 11.5 Å². The zero-order valence-corrected chi connectivity index (χ0v) is 12.9. The summed E-state index contributed by atoms with van der Waals surface area (Å²) >= 11 is 3.23. The van der Waals surface area contributed by atoms with Crippen LogP contribution in [0.1, 0.15) is 12.6 Å². The minimum atomic E-state index is -0.596. The Balaban J connectivity index is 2.75. The van der Waals surface area contributed by atoms with Crippen LogP contribution in [-0.4, -0.2) is 21.4 Å². The molecule has 0 fully saturated rings. The van der Waals surface area contributed by atoms with E-state index in [0.29, 0.717) is 11.0 Å². The minimum absolute atomic E-state index is 0.0396. The topological polar surface area (TPSA) is 81.0 Å². The number of hydrogen-bond acceptors (Lipinski definition) is 5. The number of benzene rings is 1. The van der Waals surface area contributed by atoms with Crippen LogP contribution in [0.4, 0.5) is 16.0 Å². The summed E-state index contributed by atoms with van der Waals surface area (Å²) in [5, 5.41) is 14.1. The van der Waals surface area contributed by atoms with E-state index in [1.807, 2.05) is 6.92 Å². The Morgan fingerprint density at radius 1 is 1.43 bits per heavy atom. The molecule has 0 radical (unpaired) electrons. The van der Waals surface area contributed by atoms with Crippen molar-refractivity contribution < 1.29 is 9.31 Å². The highest BCUT2D eigenvalue weighted by atomic mass is 79.9. The Morgan fingerprint density at radius 2 is 2.14 bits per heavy atom. The fourth-order valence-electron chi connectivity index (χ4n) is 1.89. The van der Waals surface area contributed by atoms with Gasteiger partial charge in [0.25, 0.3) is 0 Å². The smallest absolute Gasteiger partial charge is 0.316 e. The fourth-order valence-corrected chi connectivity index (χ4v) is 2.25. The van der Waals surface area contributed by atoms with Gasteiger partial charge >= 0.3 is 5.69 Å². The largest absolute Gasteiger partial charge is 0.354 e. The summed E-state index contributed by atoms with van der Waals surface area (Å²) in [6, 6.07) is 4.21. The van der Waals surface area contributed by atoms with Crippen LogP contribution >= 0.6 is 15.9 Å². The second-order valence-electron chi connectivity index (χ2n) is 4.24. The van der Waals surface area contributed by atoms with Crippen LogP contribution < -0.4 is 5.32 Å². The van der Waals surface area contributed by atoms with Crippen molar-refractivity contribution >= 4 is 27.6 Å². The molecule has 1 N–H and O–H groups in total. The summed E-state index contributed by atoms with van der Waals surface area (Å²) in [5.74, 6) is -0.350. The number of rotatable bonds is 4. The first kappa shape index (κ1) is 15.3. The molecule has 21 heavy (non-hydrogen) atoms. The Morgan fingerprint density at radius 3 is 2.76 bits per heavy atom. The van der Waals surface area contributed by atoms with E-state index >= 15 is 0 Å². The molecule has 0 spiro atoms. The van der Waals surface area contributed by atoms with Crippen molar-refractivity contribution in [3.05, 3.63) is 44.3 Å². The molecule has 1 heterocycles. The van der Waals surface area contributed by atoms with E-state index in [-0.39, 0.29) is 28.6 Å². The third kappa shape index (κ3) is 3.15. The monoisotopic (exact) mass is 354 g/mol. The number of nitrogens with zero attached hydrogens (tertiary/aromatic N) is 3. The maximum Gasteiger partial charge on any atom is 0.316 e. The van der Waals surface area contributed by atoms with Crippen LogP contribution in [0.15, 0.2) is 22.7 Å². The van der Waals surface area contributed by atoms with Gasteiger partial charge in [-0.1, -0.05) is 15.9 Å². The minimum Gasteiger partial charge on any atom is -0.354 e. The lowest BCUT2D eigenvalue weighted by Gasteiger charge is -2.09. The van der Waals surface area contributed by atoms with Gasteiger partial charge in [0, 0.05) is 16.6 Å². The van der Waals surface area contributed by atoms with Crippen molar-refractivity contribution in [1.29, 1.82) is 0 Å². The van der Waals surface area contributed by atoms with Gasteiger partial charge in [-0.2, -0.15) is 0 Å². The van der Waals surface area contributed by atoms with E-state index in [1.165, 1.54) is 25.1 Å². The molecule has 8 heteroatoms. The Hall–Kier alpha value is -2.09. The fraction of sp³-hybridized carbons (Fsp3) is 0.231. The summed E-state index contributed by atoms with van der Waals surface area (Å²) in [7, 11) is 0. The van der Waals surface area contributed by atoms with Gasteiger partial charge in [-0.05, 0) is 32.0 Å². The quantitative estimate of drug-likeness (QED) is 0.668. The summed E-state index contributed by atoms with van der Waals surface area (Å²) in [6.07, 6.45) is 0. The number of aromatic nitrogens is 2. The van der Waals surface area contributed by atoms with E-state index in [0.717, 1.165) is 0 Å². The van der Waals surface area contributed by atoms with Gasteiger partial charge in [-0.3, -0.25) is 10.1 Å². The highest BCUT2D eigenvalue weighted by Crippen LogP contribution is 2.34. The molecule has 0 bridgehead atoms. The Bertz CT molecular complexity index is 709. The lowest BCUT2D eigenvalue weighted by molar-refractivity contribution is -0.385. The molecule has 0 aliphatic carbocycles. The molecule has 0 aliphatic rings. The standard InChI is InChI=1S/C13H12BrFN4O2/c1-3-16-13-17-7(2)12(19(20)21)11(18-13)9-6-8(14)4-5-10(9)15/h4-6H,3H2,1-2H3,(H,16,17,18). The molecule has 0 unspecified atom stereocenters. The van der Waals surface area contributed by atoms with Gasteiger partial charge in [0.05, 0.1) is 4.92 Å². The maximum absolute atomic E-state index is 14.0. The van der Waals surface area contributed by atoms with Crippen molar-refractivity contribution in [3.63, 3.8) is 0 Å². The van der Waals surface area contributed by atoms with Crippen LogP contribution in [0.2, 0.25) is 0 Å². The molecule has 2 aromatic rings. The molecule has 0 amide bonds. The lowest BCUT2D eigenvalue weighted by Crippen LogP contribution is -2.08. The summed E-state index contributed by atoms with van der Waals surface area (Å²) in [6.45, 7) is 3.90. The highest BCUT2D eigenvalue weighted by Gasteiger charge is 2.25. The first-order valence-corrected chi connectivity index (χ1v) is 6.95. The van der Waals surface area contributed by atoms with E-state index < -0.39 is 10.7 Å². The molecule has 0 saturated carbocycles. The van der Waals surface area contributed by atoms with Crippen LogP contribution in [0.25, 0.3) is 11.3 Å². The van der Waals surface area contributed by atoms with Crippen molar-refractivity contribution in [2.75, 3.05) is 11.9 Å². The third-order valence-corrected chi connectivity index (χ3v) is 3.25. The first-order chi connectivity index (χ1) is 9.93. The number of nitro groups is 1. The molecule has 0 saturated heterocycles. The average molecular weight is 355 g/mol. The number of aryl methyl sites for hydroxylation is 1. The molecule has 0 atom stereocenters. The van der Waals surface area contributed by atoms with Crippen molar-refractivity contribution in [1.82, 2.24) is 9.97 Å². The molecule has 6 nitrogen and oxygen atoms in total. The molecule has 110 valence electrons. The zero-order chi connectivity index (χ0) is 15.6. The predicted octanol–water partition coefficient (Wildman–Crippen LogP) is 3.69. The van der Waals surface area contributed by atoms with Crippen molar-refractivity contribution in [3.8, 4) is 11.3 Å².